The predicted molar refractivity (Wildman–Crippen MR) is 51.9 cm³/mol. The number of methoxy groups -OCH3 is 2. The van der Waals surface area contributed by atoms with E-state index in [1.54, 1.807) is 0 Å². The predicted octanol–water partition coefficient (Wildman–Crippen LogP) is 2.52. The van der Waals surface area contributed by atoms with Crippen molar-refractivity contribution in [3.63, 3.8) is 0 Å². The van der Waals surface area contributed by atoms with Gasteiger partial charge in [0.05, 0.1) is 24.3 Å². The van der Waals surface area contributed by atoms with Gasteiger partial charge in [-0.05, 0) is 22.0 Å². The van der Waals surface area contributed by atoms with E-state index < -0.39 is 17.6 Å². The molecule has 0 fully saturated rings. The normalized spacial score (nSPS) is 9.93. The summed E-state index contributed by atoms with van der Waals surface area (Å²) in [5, 5.41) is 0. The highest BCUT2D eigenvalue weighted by Crippen LogP contribution is 2.33. The van der Waals surface area contributed by atoms with Gasteiger partial charge in [-0.25, -0.2) is 9.18 Å². The molecule has 1 aromatic rings. The molecular weight excluding hydrogens is 274 g/mol. The van der Waals surface area contributed by atoms with Gasteiger partial charge in [0, 0.05) is 0 Å². The van der Waals surface area contributed by atoms with Crippen LogP contribution in [0, 0.1) is 11.6 Å². The molecule has 1 aromatic carbocycles. The number of benzene rings is 1. The van der Waals surface area contributed by atoms with Crippen LogP contribution >= 0.6 is 15.9 Å². The van der Waals surface area contributed by atoms with Gasteiger partial charge in [0.1, 0.15) is 0 Å². The van der Waals surface area contributed by atoms with Gasteiger partial charge < -0.3 is 9.47 Å². The Bertz CT molecular complexity index is 407. The molecule has 0 aliphatic rings. The first kappa shape index (κ1) is 11.9. The maximum absolute atomic E-state index is 13.1. The van der Waals surface area contributed by atoms with Gasteiger partial charge in [0.15, 0.2) is 11.6 Å². The van der Waals surface area contributed by atoms with Gasteiger partial charge in [-0.15, -0.1) is 0 Å². The fraction of sp³-hybridized carbons (Fsp3) is 0.222. The largest absolute Gasteiger partial charge is 0.492 e. The van der Waals surface area contributed by atoms with Crippen molar-refractivity contribution in [2.75, 3.05) is 14.2 Å². The van der Waals surface area contributed by atoms with E-state index in [1.807, 2.05) is 0 Å². The maximum atomic E-state index is 13.1. The zero-order valence-electron chi connectivity index (χ0n) is 7.94. The topological polar surface area (TPSA) is 35.5 Å². The van der Waals surface area contributed by atoms with Crippen LogP contribution < -0.4 is 4.74 Å². The van der Waals surface area contributed by atoms with Crippen LogP contribution in [0.25, 0.3) is 0 Å². The molecule has 0 spiro atoms. The van der Waals surface area contributed by atoms with Crippen LogP contribution in [0.5, 0.6) is 5.75 Å². The van der Waals surface area contributed by atoms with Crippen molar-refractivity contribution in [1.29, 1.82) is 0 Å². The van der Waals surface area contributed by atoms with Crippen molar-refractivity contribution in [2.45, 2.75) is 0 Å². The minimum Gasteiger partial charge on any atom is -0.492 e. The third kappa shape index (κ3) is 2.09. The lowest BCUT2D eigenvalue weighted by Crippen LogP contribution is -2.06. The second kappa shape index (κ2) is 4.57. The van der Waals surface area contributed by atoms with Crippen LogP contribution in [-0.4, -0.2) is 20.2 Å². The number of carbonyl (C=O) groups is 1. The second-order valence-electron chi connectivity index (χ2n) is 2.56. The summed E-state index contributed by atoms with van der Waals surface area (Å²) in [6.45, 7) is 0. The van der Waals surface area contributed by atoms with Crippen molar-refractivity contribution in [3.05, 3.63) is 27.7 Å². The highest BCUT2D eigenvalue weighted by atomic mass is 79.9. The highest BCUT2D eigenvalue weighted by Gasteiger charge is 2.21. The molecule has 6 heteroatoms. The minimum absolute atomic E-state index is 0.0238. The summed E-state index contributed by atoms with van der Waals surface area (Å²) in [6.07, 6.45) is 0. The Morgan fingerprint density at radius 1 is 1.40 bits per heavy atom. The second-order valence-corrected chi connectivity index (χ2v) is 3.35. The van der Waals surface area contributed by atoms with E-state index in [-0.39, 0.29) is 15.8 Å². The third-order valence-corrected chi connectivity index (χ3v) is 2.51. The lowest BCUT2D eigenvalue weighted by molar-refractivity contribution is 0.0598. The molecule has 0 heterocycles. The number of hydrogen-bond acceptors (Lipinski definition) is 3. The molecule has 3 nitrogen and oxygen atoms in total. The van der Waals surface area contributed by atoms with Crippen LogP contribution in [-0.2, 0) is 4.74 Å². The average Bonchev–Trinajstić information content (AvgIpc) is 2.23. The standard InChI is InChI=1S/C9H7BrF2O3/c1-14-8-6(10)4(9(13)15-2)3-5(11)7(8)12/h3H,1-2H3. The highest BCUT2D eigenvalue weighted by molar-refractivity contribution is 9.10. The summed E-state index contributed by atoms with van der Waals surface area (Å²) < 4.78 is 35.2. The molecule has 82 valence electrons. The number of esters is 1. The monoisotopic (exact) mass is 280 g/mol. The summed E-state index contributed by atoms with van der Waals surface area (Å²) in [5.41, 5.74) is -0.131. The summed E-state index contributed by atoms with van der Waals surface area (Å²) in [5.74, 6) is -3.47. The first-order chi connectivity index (χ1) is 7.02. The molecule has 0 saturated carbocycles. The lowest BCUT2D eigenvalue weighted by Gasteiger charge is -2.09. The van der Waals surface area contributed by atoms with Gasteiger partial charge in [0.25, 0.3) is 0 Å². The number of carbonyl (C=O) groups excluding carboxylic acids is 1. The zero-order chi connectivity index (χ0) is 11.6. The smallest absolute Gasteiger partial charge is 0.339 e. The Morgan fingerprint density at radius 2 is 2.00 bits per heavy atom. The molecule has 0 saturated heterocycles. The molecule has 0 unspecified atom stereocenters. The fourth-order valence-corrected chi connectivity index (χ4v) is 1.63. The summed E-state index contributed by atoms with van der Waals surface area (Å²) in [4.78, 5) is 11.2. The summed E-state index contributed by atoms with van der Waals surface area (Å²) in [7, 11) is 2.31. The van der Waals surface area contributed by atoms with E-state index >= 15 is 0 Å². The Hall–Kier alpha value is -1.17. The fourth-order valence-electron chi connectivity index (χ4n) is 1.02. The van der Waals surface area contributed by atoms with E-state index in [0.717, 1.165) is 13.2 Å². The zero-order valence-corrected chi connectivity index (χ0v) is 9.52. The molecule has 0 N–H and O–H groups in total. The number of hydrogen-bond donors (Lipinski definition) is 0. The van der Waals surface area contributed by atoms with Crippen molar-refractivity contribution in [2.24, 2.45) is 0 Å². The molecule has 0 aliphatic carbocycles. The molecule has 0 aromatic heterocycles. The van der Waals surface area contributed by atoms with Crippen molar-refractivity contribution in [3.8, 4) is 5.75 Å². The molecular formula is C9H7BrF2O3. The summed E-state index contributed by atoms with van der Waals surface area (Å²) >= 11 is 2.94. The number of halogens is 3. The SMILES string of the molecule is COC(=O)c1cc(F)c(F)c(OC)c1Br. The van der Waals surface area contributed by atoms with Crippen LogP contribution in [0.1, 0.15) is 10.4 Å². The van der Waals surface area contributed by atoms with Gasteiger partial charge >= 0.3 is 5.97 Å². The minimum atomic E-state index is -1.17. The molecule has 0 radical (unpaired) electrons. The van der Waals surface area contributed by atoms with E-state index in [1.165, 1.54) is 7.11 Å². The molecule has 0 amide bonds. The Labute approximate surface area is 93.1 Å². The maximum Gasteiger partial charge on any atom is 0.339 e. The van der Waals surface area contributed by atoms with Gasteiger partial charge in [-0.2, -0.15) is 4.39 Å². The van der Waals surface area contributed by atoms with Crippen LogP contribution in [0.15, 0.2) is 10.5 Å². The molecule has 1 rings (SSSR count). The summed E-state index contributed by atoms with van der Waals surface area (Å²) in [6, 6.07) is 0.744. The average molecular weight is 281 g/mol. The van der Waals surface area contributed by atoms with Crippen LogP contribution in [0.2, 0.25) is 0 Å². The van der Waals surface area contributed by atoms with Crippen molar-refractivity contribution >= 4 is 21.9 Å². The van der Waals surface area contributed by atoms with E-state index in [4.69, 9.17) is 0 Å². The van der Waals surface area contributed by atoms with Gasteiger partial charge in [-0.3, -0.25) is 0 Å². The van der Waals surface area contributed by atoms with E-state index in [2.05, 4.69) is 25.4 Å². The lowest BCUT2D eigenvalue weighted by atomic mass is 10.2. The van der Waals surface area contributed by atoms with Crippen LogP contribution in [0.3, 0.4) is 0 Å². The molecule has 0 bridgehead atoms. The molecule has 0 atom stereocenters. The number of ether oxygens (including phenoxy) is 2. The Balaban J connectivity index is 3.43. The molecule has 0 aliphatic heterocycles. The van der Waals surface area contributed by atoms with Crippen LogP contribution in [0.4, 0.5) is 8.78 Å². The quantitative estimate of drug-likeness (QED) is 0.617. The van der Waals surface area contributed by atoms with E-state index in [9.17, 15) is 13.6 Å². The first-order valence-electron chi connectivity index (χ1n) is 3.82. The number of rotatable bonds is 2. The molecule has 15 heavy (non-hydrogen) atoms. The Morgan fingerprint density at radius 3 is 2.47 bits per heavy atom. The van der Waals surface area contributed by atoms with Crippen molar-refractivity contribution < 1.29 is 23.0 Å². The third-order valence-electron chi connectivity index (χ3n) is 1.73. The first-order valence-corrected chi connectivity index (χ1v) is 4.62. The van der Waals surface area contributed by atoms with Gasteiger partial charge in [-0.1, -0.05) is 0 Å². The van der Waals surface area contributed by atoms with Gasteiger partial charge in [0.2, 0.25) is 5.82 Å². The van der Waals surface area contributed by atoms with E-state index in [0.29, 0.717) is 0 Å². The Kier molecular flexibility index (Phi) is 3.62. The van der Waals surface area contributed by atoms with Crippen molar-refractivity contribution in [1.82, 2.24) is 0 Å².